The van der Waals surface area contributed by atoms with Crippen LogP contribution in [0.5, 0.6) is 0 Å². The van der Waals surface area contributed by atoms with Crippen LogP contribution in [0.4, 0.5) is 0 Å². The predicted octanol–water partition coefficient (Wildman–Crippen LogP) is -0.242. The number of nitrogens with zero attached hydrogens (tertiary/aromatic N) is 1. The van der Waals surface area contributed by atoms with Gasteiger partial charge in [0.15, 0.2) is 0 Å². The molecular weight excluding hydrogens is 216 g/mol. The number of hydrogen-bond donors (Lipinski definition) is 2. The maximum Gasteiger partial charge on any atom is 0.230 e. The first-order valence-electron chi connectivity index (χ1n) is 4.71. The number of ether oxygens (including phenoxy) is 1. The number of thioether (sulfide) groups is 1. The summed E-state index contributed by atoms with van der Waals surface area (Å²) in [6.45, 7) is 1.46. The van der Waals surface area contributed by atoms with Gasteiger partial charge in [0, 0.05) is 13.2 Å². The third kappa shape index (κ3) is 11.2. The van der Waals surface area contributed by atoms with Crippen LogP contribution in [0.15, 0.2) is 0 Å². The molecule has 0 saturated carbocycles. The molecule has 0 aromatic rings. The summed E-state index contributed by atoms with van der Waals surface area (Å²) in [5.74, 6) is 0.607. The van der Waals surface area contributed by atoms with Crippen LogP contribution in [0.3, 0.4) is 0 Å². The SMILES string of the molecule is N#CCSCC(=O)NCCCOCCO. The minimum atomic E-state index is -0.0580. The van der Waals surface area contributed by atoms with E-state index in [0.29, 0.717) is 31.3 Å². The second kappa shape index (κ2) is 11.3. The zero-order valence-electron chi connectivity index (χ0n) is 8.57. The largest absolute Gasteiger partial charge is 0.394 e. The van der Waals surface area contributed by atoms with Crippen molar-refractivity contribution in [1.29, 1.82) is 5.26 Å². The van der Waals surface area contributed by atoms with Gasteiger partial charge in [0.05, 0.1) is 30.8 Å². The van der Waals surface area contributed by atoms with Crippen LogP contribution in [-0.4, -0.2) is 48.9 Å². The third-order valence-corrected chi connectivity index (χ3v) is 2.22. The molecule has 0 aromatic heterocycles. The molecule has 6 heteroatoms. The Bertz CT molecular complexity index is 206. The number of amides is 1. The molecule has 5 nitrogen and oxygen atoms in total. The molecule has 0 unspecified atom stereocenters. The van der Waals surface area contributed by atoms with Crippen molar-refractivity contribution in [3.63, 3.8) is 0 Å². The molecule has 0 aliphatic rings. The smallest absolute Gasteiger partial charge is 0.230 e. The van der Waals surface area contributed by atoms with Gasteiger partial charge in [0.2, 0.25) is 5.91 Å². The highest BCUT2D eigenvalue weighted by Gasteiger charge is 1.99. The fraction of sp³-hybridized carbons (Fsp3) is 0.778. The van der Waals surface area contributed by atoms with Crippen molar-refractivity contribution in [3.05, 3.63) is 0 Å². The van der Waals surface area contributed by atoms with E-state index in [9.17, 15) is 4.79 Å². The minimum Gasteiger partial charge on any atom is -0.394 e. The molecule has 86 valence electrons. The van der Waals surface area contributed by atoms with Gasteiger partial charge in [-0.1, -0.05) is 0 Å². The van der Waals surface area contributed by atoms with Gasteiger partial charge in [-0.3, -0.25) is 4.79 Å². The van der Waals surface area contributed by atoms with E-state index in [0.717, 1.165) is 6.42 Å². The Hall–Kier alpha value is -0.770. The van der Waals surface area contributed by atoms with Crippen molar-refractivity contribution in [2.75, 3.05) is 37.9 Å². The normalized spacial score (nSPS) is 9.60. The van der Waals surface area contributed by atoms with Crippen LogP contribution < -0.4 is 5.32 Å². The van der Waals surface area contributed by atoms with E-state index in [1.807, 2.05) is 6.07 Å². The Morgan fingerprint density at radius 2 is 2.33 bits per heavy atom. The topological polar surface area (TPSA) is 82.4 Å². The van der Waals surface area contributed by atoms with Crippen LogP contribution in [-0.2, 0) is 9.53 Å². The summed E-state index contributed by atoms with van der Waals surface area (Å²) in [6, 6.07) is 1.95. The van der Waals surface area contributed by atoms with E-state index < -0.39 is 0 Å². The molecule has 0 spiro atoms. The van der Waals surface area contributed by atoms with Crippen molar-refractivity contribution >= 4 is 17.7 Å². The predicted molar refractivity (Wildman–Crippen MR) is 58.5 cm³/mol. The number of nitriles is 1. The maximum atomic E-state index is 11.1. The molecule has 0 fully saturated rings. The van der Waals surface area contributed by atoms with Crippen molar-refractivity contribution in [1.82, 2.24) is 5.32 Å². The average molecular weight is 232 g/mol. The summed E-state index contributed by atoms with van der Waals surface area (Å²) in [5, 5.41) is 19.4. The van der Waals surface area contributed by atoms with E-state index in [1.54, 1.807) is 0 Å². The highest BCUT2D eigenvalue weighted by Crippen LogP contribution is 1.96. The molecule has 0 aliphatic heterocycles. The molecular formula is C9H16N2O3S. The highest BCUT2D eigenvalue weighted by atomic mass is 32.2. The molecule has 0 radical (unpaired) electrons. The van der Waals surface area contributed by atoms with E-state index in [-0.39, 0.29) is 12.5 Å². The molecule has 0 aliphatic carbocycles. The van der Waals surface area contributed by atoms with Crippen molar-refractivity contribution < 1.29 is 14.6 Å². The van der Waals surface area contributed by atoms with Gasteiger partial charge in [-0.2, -0.15) is 5.26 Å². The zero-order chi connectivity index (χ0) is 11.4. The summed E-state index contributed by atoms with van der Waals surface area (Å²) in [4.78, 5) is 11.1. The van der Waals surface area contributed by atoms with Gasteiger partial charge in [-0.05, 0) is 6.42 Å². The third-order valence-electron chi connectivity index (χ3n) is 1.42. The number of aliphatic hydroxyl groups excluding tert-OH is 1. The van der Waals surface area contributed by atoms with Crippen molar-refractivity contribution in [2.45, 2.75) is 6.42 Å². The summed E-state index contributed by atoms with van der Waals surface area (Å²) in [6.07, 6.45) is 0.731. The van der Waals surface area contributed by atoms with Crippen LogP contribution in [0, 0.1) is 11.3 Å². The fourth-order valence-corrected chi connectivity index (χ4v) is 1.29. The molecule has 15 heavy (non-hydrogen) atoms. The highest BCUT2D eigenvalue weighted by molar-refractivity contribution is 8.00. The molecule has 0 rings (SSSR count). The average Bonchev–Trinajstić information content (AvgIpc) is 2.23. The number of rotatable bonds is 9. The molecule has 2 N–H and O–H groups in total. The van der Waals surface area contributed by atoms with Gasteiger partial charge >= 0.3 is 0 Å². The first-order chi connectivity index (χ1) is 7.31. The minimum absolute atomic E-state index is 0.0250. The number of carbonyl (C=O) groups excluding carboxylic acids is 1. The van der Waals surface area contributed by atoms with E-state index in [2.05, 4.69) is 5.32 Å². The molecule has 1 amide bonds. The summed E-state index contributed by atoms with van der Waals surface area (Å²) >= 11 is 1.30. The van der Waals surface area contributed by atoms with Crippen molar-refractivity contribution in [3.8, 4) is 6.07 Å². The molecule has 0 aromatic carbocycles. The van der Waals surface area contributed by atoms with Gasteiger partial charge in [0.1, 0.15) is 0 Å². The number of hydrogen-bond acceptors (Lipinski definition) is 5. The summed E-state index contributed by atoms with van der Waals surface area (Å²) in [5.41, 5.74) is 0. The van der Waals surface area contributed by atoms with Gasteiger partial charge in [-0.25, -0.2) is 0 Å². The quantitative estimate of drug-likeness (QED) is 0.536. The van der Waals surface area contributed by atoms with Gasteiger partial charge in [0.25, 0.3) is 0 Å². The Morgan fingerprint density at radius 3 is 3.00 bits per heavy atom. The van der Waals surface area contributed by atoms with Crippen LogP contribution in [0.1, 0.15) is 6.42 Å². The second-order valence-electron chi connectivity index (χ2n) is 2.69. The first kappa shape index (κ1) is 14.2. The lowest BCUT2D eigenvalue weighted by Gasteiger charge is -2.04. The van der Waals surface area contributed by atoms with E-state index >= 15 is 0 Å². The van der Waals surface area contributed by atoms with Crippen LogP contribution in [0.25, 0.3) is 0 Å². The lowest BCUT2D eigenvalue weighted by molar-refractivity contribution is -0.118. The Balaban J connectivity index is 3.14. The van der Waals surface area contributed by atoms with Gasteiger partial charge in [-0.15, -0.1) is 11.8 Å². The number of nitrogens with one attached hydrogen (secondary N) is 1. The molecule has 0 bridgehead atoms. The number of aliphatic hydroxyl groups is 1. The Morgan fingerprint density at radius 1 is 1.53 bits per heavy atom. The second-order valence-corrected chi connectivity index (χ2v) is 3.68. The van der Waals surface area contributed by atoms with E-state index in [1.165, 1.54) is 11.8 Å². The summed E-state index contributed by atoms with van der Waals surface area (Å²) < 4.78 is 5.01. The van der Waals surface area contributed by atoms with Crippen molar-refractivity contribution in [2.24, 2.45) is 0 Å². The van der Waals surface area contributed by atoms with E-state index in [4.69, 9.17) is 15.1 Å². The maximum absolute atomic E-state index is 11.1. The fourth-order valence-electron chi connectivity index (χ4n) is 0.809. The molecule has 0 atom stereocenters. The van der Waals surface area contributed by atoms with Gasteiger partial charge < -0.3 is 15.2 Å². The molecule has 0 heterocycles. The Labute approximate surface area is 93.8 Å². The lowest BCUT2D eigenvalue weighted by atomic mass is 10.4. The Kier molecular flexibility index (Phi) is 10.7. The molecule has 0 saturated heterocycles. The number of carbonyl (C=O) groups is 1. The monoisotopic (exact) mass is 232 g/mol. The van der Waals surface area contributed by atoms with Crippen LogP contribution >= 0.6 is 11.8 Å². The van der Waals surface area contributed by atoms with Crippen LogP contribution in [0.2, 0.25) is 0 Å². The first-order valence-corrected chi connectivity index (χ1v) is 5.86. The standard InChI is InChI=1S/C9H16N2O3S/c10-2-7-15-8-9(13)11-3-1-5-14-6-4-12/h12H,1,3-8H2,(H,11,13). The zero-order valence-corrected chi connectivity index (χ0v) is 9.39. The lowest BCUT2D eigenvalue weighted by Crippen LogP contribution is -2.27. The summed E-state index contributed by atoms with van der Waals surface area (Å²) in [7, 11) is 0.